The zero-order valence-electron chi connectivity index (χ0n) is 21.4. The van der Waals surface area contributed by atoms with Gasteiger partial charge in [0, 0.05) is 13.1 Å². The molecule has 1 aromatic carbocycles. The fourth-order valence-electron chi connectivity index (χ4n) is 3.97. The van der Waals surface area contributed by atoms with Crippen molar-refractivity contribution in [1.29, 1.82) is 0 Å². The van der Waals surface area contributed by atoms with Crippen LogP contribution in [0.5, 0.6) is 5.75 Å². The van der Waals surface area contributed by atoms with E-state index >= 15 is 0 Å². The maximum Gasteiger partial charge on any atom is 0.417 e. The number of aliphatic hydroxyl groups excluding tert-OH is 2. The Morgan fingerprint density at radius 1 is 1.23 bits per heavy atom. The summed E-state index contributed by atoms with van der Waals surface area (Å²) in [4.78, 5) is 31.1. The Balaban J connectivity index is 1.51. The number of nitrogens with one attached hydrogen (secondary N) is 1. The van der Waals surface area contributed by atoms with Gasteiger partial charge in [0.2, 0.25) is 5.82 Å². The molecule has 3 aromatic rings. The fraction of sp³-hybridized carbons (Fsp3) is 0.417. The minimum Gasteiger partial charge on any atom is -0.496 e. The molecule has 0 unspecified atom stereocenters. The lowest BCUT2D eigenvalue weighted by atomic mass is 9.96. The average Bonchev–Trinajstić information content (AvgIpc) is 3.44. The number of amides is 2. The number of ether oxygens (including phenoxy) is 2. The van der Waals surface area contributed by atoms with E-state index in [0.29, 0.717) is 23.5 Å². The second-order valence-corrected chi connectivity index (χ2v) is 8.97. The molecule has 16 heteroatoms. The van der Waals surface area contributed by atoms with Crippen LogP contribution in [0.1, 0.15) is 34.5 Å². The fourth-order valence-corrected chi connectivity index (χ4v) is 3.97. The number of carbonyl (C=O) groups excluding carboxylic acids is 2. The molecule has 3 N–H and O–H groups in total. The molecule has 214 valence electrons. The summed E-state index contributed by atoms with van der Waals surface area (Å²) in [5, 5.41) is 32.7. The van der Waals surface area contributed by atoms with Crippen LogP contribution in [0, 0.1) is 0 Å². The highest BCUT2D eigenvalue weighted by Crippen LogP contribution is 2.29. The van der Waals surface area contributed by atoms with Crippen molar-refractivity contribution in [3.05, 3.63) is 47.0 Å². The molecule has 4 rings (SSSR count). The number of fused-ring (bicyclic) bond motifs is 1. The van der Waals surface area contributed by atoms with Gasteiger partial charge >= 0.3 is 12.3 Å². The van der Waals surface area contributed by atoms with Gasteiger partial charge in [-0.3, -0.25) is 4.79 Å². The predicted octanol–water partition coefficient (Wildman–Crippen LogP) is 1.97. The number of methoxy groups -OCH3 is 1. The number of alkyl halides is 3. The van der Waals surface area contributed by atoms with Crippen LogP contribution in [0.4, 0.5) is 23.8 Å². The largest absolute Gasteiger partial charge is 0.496 e. The molecule has 0 bridgehead atoms. The molecule has 0 aliphatic carbocycles. The number of carbonyl (C=O) groups is 2. The molecule has 0 saturated heterocycles. The molecule has 0 saturated carbocycles. The van der Waals surface area contributed by atoms with Crippen LogP contribution in [-0.4, -0.2) is 91.5 Å². The first-order chi connectivity index (χ1) is 19.0. The summed E-state index contributed by atoms with van der Waals surface area (Å²) in [7, 11) is 1.40. The summed E-state index contributed by atoms with van der Waals surface area (Å²) in [5.74, 6) is 0.179. The van der Waals surface area contributed by atoms with Gasteiger partial charge in [-0.1, -0.05) is 6.07 Å². The van der Waals surface area contributed by atoms with Crippen LogP contribution in [0.3, 0.4) is 0 Å². The number of anilines is 1. The van der Waals surface area contributed by atoms with E-state index in [-0.39, 0.29) is 36.8 Å². The Morgan fingerprint density at radius 2 is 2.00 bits per heavy atom. The molecule has 3 heterocycles. The number of rotatable bonds is 8. The standard InChI is InChI=1S/C24H26F3N7O6/c1-13(11-35)34-21(30-31-32-34)17-4-3-5-20(28-17)29-22(37)16-8-15-10-33(7-6-14(15)9-18(16)39-2)23(38)40-12-19(36)24(25,26)27/h3-5,8-9,13,19,35-36H,6-7,10-12H2,1-2H3,(H,28,29,37)/t13-,19-/m1/s1. The van der Waals surface area contributed by atoms with Crippen LogP contribution in [0.2, 0.25) is 0 Å². The highest BCUT2D eigenvalue weighted by molar-refractivity contribution is 6.06. The molecular weight excluding hydrogens is 539 g/mol. The zero-order valence-corrected chi connectivity index (χ0v) is 21.4. The van der Waals surface area contributed by atoms with Crippen molar-refractivity contribution in [3.63, 3.8) is 0 Å². The van der Waals surface area contributed by atoms with E-state index in [1.807, 2.05) is 0 Å². The molecule has 1 aliphatic rings. The summed E-state index contributed by atoms with van der Waals surface area (Å²) < 4.78 is 49.0. The normalized spacial score (nSPS) is 14.7. The van der Waals surface area contributed by atoms with Gasteiger partial charge in [-0.15, -0.1) is 5.10 Å². The molecule has 2 aromatic heterocycles. The lowest BCUT2D eigenvalue weighted by molar-refractivity contribution is -0.213. The SMILES string of the molecule is COc1cc2c(cc1C(=O)Nc1cccc(-c3nnnn3[C@H](C)CO)n1)CN(C(=O)OC[C@@H](O)C(F)(F)F)CC2. The summed E-state index contributed by atoms with van der Waals surface area (Å²) in [6.45, 7) is 0.435. The van der Waals surface area contributed by atoms with Crippen molar-refractivity contribution >= 4 is 17.8 Å². The van der Waals surface area contributed by atoms with Gasteiger partial charge in [-0.2, -0.15) is 13.2 Å². The monoisotopic (exact) mass is 565 g/mol. The van der Waals surface area contributed by atoms with Gasteiger partial charge in [0.25, 0.3) is 5.91 Å². The van der Waals surface area contributed by atoms with Crippen LogP contribution in [0.25, 0.3) is 11.5 Å². The Hall–Kier alpha value is -4.31. The van der Waals surface area contributed by atoms with Crippen molar-refractivity contribution in [2.45, 2.75) is 38.2 Å². The van der Waals surface area contributed by atoms with E-state index < -0.39 is 36.9 Å². The Morgan fingerprint density at radius 3 is 2.70 bits per heavy atom. The topological polar surface area (TPSA) is 165 Å². The first kappa shape index (κ1) is 28.7. The number of aromatic nitrogens is 5. The predicted molar refractivity (Wildman–Crippen MR) is 131 cm³/mol. The Kier molecular flexibility index (Phi) is 8.49. The quantitative estimate of drug-likeness (QED) is 0.368. The second-order valence-electron chi connectivity index (χ2n) is 8.97. The molecule has 0 spiro atoms. The number of tetrazole rings is 1. The van der Waals surface area contributed by atoms with Gasteiger partial charge in [0.15, 0.2) is 6.10 Å². The van der Waals surface area contributed by atoms with Crippen molar-refractivity contribution in [2.75, 3.05) is 32.2 Å². The average molecular weight is 566 g/mol. The Labute approximate surface area is 225 Å². The minimum atomic E-state index is -4.91. The smallest absolute Gasteiger partial charge is 0.417 e. The first-order valence-corrected chi connectivity index (χ1v) is 12.1. The van der Waals surface area contributed by atoms with Crippen molar-refractivity contribution in [3.8, 4) is 17.3 Å². The van der Waals surface area contributed by atoms with Crippen molar-refractivity contribution in [2.24, 2.45) is 0 Å². The van der Waals surface area contributed by atoms with E-state index in [1.54, 1.807) is 31.2 Å². The number of benzene rings is 1. The number of nitrogens with zero attached hydrogens (tertiary/aromatic N) is 6. The molecule has 13 nitrogen and oxygen atoms in total. The summed E-state index contributed by atoms with van der Waals surface area (Å²) in [6, 6.07) is 7.63. The molecular formula is C24H26F3N7O6. The van der Waals surface area contributed by atoms with Crippen LogP contribution in [-0.2, 0) is 17.7 Å². The third-order valence-corrected chi connectivity index (χ3v) is 6.17. The van der Waals surface area contributed by atoms with Gasteiger partial charge in [0.05, 0.1) is 25.3 Å². The molecule has 0 fully saturated rings. The maximum atomic E-state index is 13.2. The van der Waals surface area contributed by atoms with Gasteiger partial charge in [-0.25, -0.2) is 14.5 Å². The van der Waals surface area contributed by atoms with E-state index in [1.165, 1.54) is 22.8 Å². The van der Waals surface area contributed by atoms with E-state index in [4.69, 9.17) is 9.84 Å². The third-order valence-electron chi connectivity index (χ3n) is 6.17. The first-order valence-electron chi connectivity index (χ1n) is 12.1. The number of hydrogen-bond donors (Lipinski definition) is 3. The van der Waals surface area contributed by atoms with Crippen LogP contribution >= 0.6 is 0 Å². The Bertz CT molecular complexity index is 1380. The molecule has 2 atom stereocenters. The third kappa shape index (κ3) is 6.28. The minimum absolute atomic E-state index is 0.0278. The van der Waals surface area contributed by atoms with Crippen LogP contribution in [0.15, 0.2) is 30.3 Å². The van der Waals surface area contributed by atoms with Crippen molar-refractivity contribution < 1.29 is 42.4 Å². The van der Waals surface area contributed by atoms with Crippen molar-refractivity contribution in [1.82, 2.24) is 30.1 Å². The van der Waals surface area contributed by atoms with E-state index in [2.05, 4.69) is 30.6 Å². The zero-order chi connectivity index (χ0) is 29.0. The summed E-state index contributed by atoms with van der Waals surface area (Å²) >= 11 is 0. The van der Waals surface area contributed by atoms with E-state index in [9.17, 15) is 27.9 Å². The number of pyridine rings is 1. The summed E-state index contributed by atoms with van der Waals surface area (Å²) in [6.07, 6.45) is -8.37. The second kappa shape index (κ2) is 11.8. The molecule has 2 amide bonds. The lowest BCUT2D eigenvalue weighted by Gasteiger charge is -2.29. The molecule has 1 aliphatic heterocycles. The number of halogens is 3. The van der Waals surface area contributed by atoms with E-state index in [0.717, 1.165) is 5.56 Å². The highest BCUT2D eigenvalue weighted by Gasteiger charge is 2.39. The number of hydrogen-bond acceptors (Lipinski definition) is 10. The maximum absolute atomic E-state index is 13.2. The van der Waals surface area contributed by atoms with Gasteiger partial charge in [-0.05, 0) is 59.2 Å². The lowest BCUT2D eigenvalue weighted by Crippen LogP contribution is -2.40. The van der Waals surface area contributed by atoms with Gasteiger partial charge < -0.3 is 29.9 Å². The van der Waals surface area contributed by atoms with Gasteiger partial charge in [0.1, 0.15) is 23.9 Å². The summed E-state index contributed by atoms with van der Waals surface area (Å²) in [5.41, 5.74) is 1.85. The highest BCUT2D eigenvalue weighted by atomic mass is 19.4. The molecule has 40 heavy (non-hydrogen) atoms. The van der Waals surface area contributed by atoms with Crippen LogP contribution < -0.4 is 10.1 Å². The molecule has 0 radical (unpaired) electrons. The number of aliphatic hydroxyl groups is 2.